The van der Waals surface area contributed by atoms with E-state index in [4.69, 9.17) is 5.84 Å². The Bertz CT molecular complexity index is 456. The standard InChI is InChI=1S/C13H20N4O/c1-8-6-12(16-14)11(7-15-8)13(18)17(3)9(2)10-4-5-10/h6-7,9-10H,4-5,14H2,1-3H3,(H,15,16). The number of anilines is 1. The van der Waals surface area contributed by atoms with Crippen molar-refractivity contribution in [3.05, 3.63) is 23.5 Å². The molecule has 0 saturated heterocycles. The number of pyridine rings is 1. The average Bonchev–Trinajstić information content (AvgIpc) is 3.20. The topological polar surface area (TPSA) is 71.2 Å². The van der Waals surface area contributed by atoms with Gasteiger partial charge in [0.25, 0.3) is 5.91 Å². The van der Waals surface area contributed by atoms with Crippen molar-refractivity contribution in [1.29, 1.82) is 0 Å². The van der Waals surface area contributed by atoms with E-state index in [-0.39, 0.29) is 11.9 Å². The normalized spacial score (nSPS) is 16.2. The van der Waals surface area contributed by atoms with Crippen LogP contribution in [0.5, 0.6) is 0 Å². The first-order chi connectivity index (χ1) is 8.54. The van der Waals surface area contributed by atoms with Gasteiger partial charge in [-0.2, -0.15) is 0 Å². The van der Waals surface area contributed by atoms with Gasteiger partial charge in [0.05, 0.1) is 11.3 Å². The molecule has 1 unspecified atom stereocenters. The van der Waals surface area contributed by atoms with Gasteiger partial charge in [0, 0.05) is 25.0 Å². The Balaban J connectivity index is 2.21. The summed E-state index contributed by atoms with van der Waals surface area (Å²) in [5.74, 6) is 6.07. The average molecular weight is 248 g/mol. The molecule has 0 spiro atoms. The lowest BCUT2D eigenvalue weighted by atomic mass is 10.1. The number of nitrogens with one attached hydrogen (secondary N) is 1. The SMILES string of the molecule is Cc1cc(NN)c(C(=O)N(C)C(C)C2CC2)cn1. The minimum absolute atomic E-state index is 0.0325. The van der Waals surface area contributed by atoms with Crippen LogP contribution in [0.25, 0.3) is 0 Å². The minimum atomic E-state index is -0.0325. The van der Waals surface area contributed by atoms with Gasteiger partial charge in [-0.15, -0.1) is 0 Å². The molecule has 1 aromatic heterocycles. The monoisotopic (exact) mass is 248 g/mol. The molecule has 3 N–H and O–H groups in total. The van der Waals surface area contributed by atoms with Crippen LogP contribution < -0.4 is 11.3 Å². The zero-order valence-corrected chi connectivity index (χ0v) is 11.1. The van der Waals surface area contributed by atoms with Gasteiger partial charge in [-0.25, -0.2) is 0 Å². The van der Waals surface area contributed by atoms with Gasteiger partial charge < -0.3 is 10.3 Å². The second kappa shape index (κ2) is 4.94. The minimum Gasteiger partial charge on any atom is -0.339 e. The number of aryl methyl sites for hydroxylation is 1. The maximum atomic E-state index is 12.4. The smallest absolute Gasteiger partial charge is 0.257 e. The van der Waals surface area contributed by atoms with Crippen LogP contribution in [-0.4, -0.2) is 28.9 Å². The molecule has 1 aromatic rings. The lowest BCUT2D eigenvalue weighted by Gasteiger charge is -2.25. The second-order valence-corrected chi connectivity index (χ2v) is 5.01. The summed E-state index contributed by atoms with van der Waals surface area (Å²) in [7, 11) is 1.84. The Morgan fingerprint density at radius 3 is 2.83 bits per heavy atom. The van der Waals surface area contributed by atoms with Crippen LogP contribution in [0.3, 0.4) is 0 Å². The van der Waals surface area contributed by atoms with Gasteiger partial charge in [0.15, 0.2) is 0 Å². The van der Waals surface area contributed by atoms with Crippen LogP contribution in [0.2, 0.25) is 0 Å². The molecule has 1 atom stereocenters. The van der Waals surface area contributed by atoms with Crippen molar-refractivity contribution in [3.8, 4) is 0 Å². The number of hydrazine groups is 1. The fourth-order valence-electron chi connectivity index (χ4n) is 2.12. The predicted octanol–water partition coefficient (Wildman–Crippen LogP) is 1.55. The number of rotatable bonds is 4. The molecule has 18 heavy (non-hydrogen) atoms. The van der Waals surface area contributed by atoms with Gasteiger partial charge in [0.2, 0.25) is 0 Å². The number of amides is 1. The Morgan fingerprint density at radius 2 is 2.28 bits per heavy atom. The Kier molecular flexibility index (Phi) is 3.52. The fraction of sp³-hybridized carbons (Fsp3) is 0.538. The van der Waals surface area contributed by atoms with Gasteiger partial charge in [-0.05, 0) is 38.7 Å². The largest absolute Gasteiger partial charge is 0.339 e. The molecule has 5 nitrogen and oxygen atoms in total. The van der Waals surface area contributed by atoms with Crippen LogP contribution in [0.1, 0.15) is 35.8 Å². The molecule has 1 heterocycles. The first-order valence-electron chi connectivity index (χ1n) is 6.25. The number of hydrogen-bond donors (Lipinski definition) is 2. The number of nitrogen functional groups attached to an aromatic ring is 1. The molecule has 0 radical (unpaired) electrons. The zero-order chi connectivity index (χ0) is 13.3. The van der Waals surface area contributed by atoms with Crippen molar-refractivity contribution in [2.24, 2.45) is 11.8 Å². The summed E-state index contributed by atoms with van der Waals surface area (Å²) >= 11 is 0. The van der Waals surface area contributed by atoms with Gasteiger partial charge in [-0.1, -0.05) is 0 Å². The highest BCUT2D eigenvalue weighted by Crippen LogP contribution is 2.35. The molecule has 1 aliphatic rings. The first kappa shape index (κ1) is 12.8. The van der Waals surface area contributed by atoms with Crippen LogP contribution >= 0.6 is 0 Å². The van der Waals surface area contributed by atoms with Crippen LogP contribution in [0.4, 0.5) is 5.69 Å². The van der Waals surface area contributed by atoms with E-state index in [2.05, 4.69) is 17.3 Å². The predicted molar refractivity (Wildman–Crippen MR) is 71.1 cm³/mol. The second-order valence-electron chi connectivity index (χ2n) is 5.01. The van der Waals surface area contributed by atoms with Gasteiger partial charge in [0.1, 0.15) is 0 Å². The summed E-state index contributed by atoms with van der Waals surface area (Å²) in [5, 5.41) is 0. The van der Waals surface area contributed by atoms with Gasteiger partial charge in [-0.3, -0.25) is 15.6 Å². The highest BCUT2D eigenvalue weighted by Gasteiger charge is 2.33. The molecule has 1 saturated carbocycles. The quantitative estimate of drug-likeness (QED) is 0.626. The lowest BCUT2D eigenvalue weighted by Crippen LogP contribution is -2.37. The highest BCUT2D eigenvalue weighted by molar-refractivity contribution is 5.99. The van der Waals surface area contributed by atoms with E-state index in [1.165, 1.54) is 12.8 Å². The molecule has 2 rings (SSSR count). The number of hydrogen-bond acceptors (Lipinski definition) is 4. The maximum Gasteiger partial charge on any atom is 0.257 e. The van der Waals surface area contributed by atoms with E-state index in [0.29, 0.717) is 17.2 Å². The van der Waals surface area contributed by atoms with E-state index in [0.717, 1.165) is 5.69 Å². The van der Waals surface area contributed by atoms with Crippen molar-refractivity contribution >= 4 is 11.6 Å². The molecule has 0 bridgehead atoms. The number of nitrogens with zero attached hydrogens (tertiary/aromatic N) is 2. The van der Waals surface area contributed by atoms with E-state index < -0.39 is 0 Å². The molecule has 0 aromatic carbocycles. The third-order valence-electron chi connectivity index (χ3n) is 3.66. The Hall–Kier alpha value is -1.62. The summed E-state index contributed by atoms with van der Waals surface area (Å²) in [4.78, 5) is 18.4. The van der Waals surface area contributed by atoms with Crippen molar-refractivity contribution in [2.45, 2.75) is 32.7 Å². The molecule has 5 heteroatoms. The summed E-state index contributed by atoms with van der Waals surface area (Å²) in [6, 6.07) is 2.05. The summed E-state index contributed by atoms with van der Waals surface area (Å²) < 4.78 is 0. The molecular weight excluding hydrogens is 228 g/mol. The van der Waals surface area contributed by atoms with Crippen LogP contribution in [-0.2, 0) is 0 Å². The van der Waals surface area contributed by atoms with Crippen molar-refractivity contribution in [1.82, 2.24) is 9.88 Å². The molecule has 98 valence electrons. The number of carbonyl (C=O) groups is 1. The Morgan fingerprint density at radius 1 is 1.61 bits per heavy atom. The summed E-state index contributed by atoms with van der Waals surface area (Å²) in [5.41, 5.74) is 4.55. The zero-order valence-electron chi connectivity index (χ0n) is 11.1. The van der Waals surface area contributed by atoms with Crippen molar-refractivity contribution < 1.29 is 4.79 Å². The molecule has 0 aliphatic heterocycles. The number of nitrogens with two attached hydrogens (primary N) is 1. The Labute approximate surface area is 107 Å². The number of aromatic nitrogens is 1. The summed E-state index contributed by atoms with van der Waals surface area (Å²) in [6.07, 6.45) is 4.02. The van der Waals surface area contributed by atoms with Crippen LogP contribution in [0.15, 0.2) is 12.3 Å². The van der Waals surface area contributed by atoms with E-state index >= 15 is 0 Å². The third-order valence-corrected chi connectivity index (χ3v) is 3.66. The third kappa shape index (κ3) is 2.46. The molecular formula is C13H20N4O. The van der Waals surface area contributed by atoms with E-state index in [9.17, 15) is 4.79 Å². The van der Waals surface area contributed by atoms with E-state index in [1.807, 2.05) is 14.0 Å². The van der Waals surface area contributed by atoms with Crippen molar-refractivity contribution in [2.75, 3.05) is 12.5 Å². The first-order valence-corrected chi connectivity index (χ1v) is 6.25. The van der Waals surface area contributed by atoms with Crippen LogP contribution in [0, 0.1) is 12.8 Å². The molecule has 1 amide bonds. The summed E-state index contributed by atoms with van der Waals surface area (Å²) in [6.45, 7) is 3.96. The molecule has 1 fully saturated rings. The fourth-order valence-corrected chi connectivity index (χ4v) is 2.12. The van der Waals surface area contributed by atoms with E-state index in [1.54, 1.807) is 17.2 Å². The molecule has 1 aliphatic carbocycles. The lowest BCUT2D eigenvalue weighted by molar-refractivity contribution is 0.0728. The van der Waals surface area contributed by atoms with Crippen molar-refractivity contribution in [3.63, 3.8) is 0 Å². The number of carbonyl (C=O) groups excluding carboxylic acids is 1. The maximum absolute atomic E-state index is 12.4. The highest BCUT2D eigenvalue weighted by atomic mass is 16.2. The van der Waals surface area contributed by atoms with Gasteiger partial charge >= 0.3 is 0 Å².